The Morgan fingerprint density at radius 2 is 1.97 bits per heavy atom. The maximum Gasteiger partial charge on any atom is 0.417 e. The fourth-order valence-corrected chi connectivity index (χ4v) is 2.92. The van der Waals surface area contributed by atoms with Crippen molar-refractivity contribution in [2.75, 3.05) is 13.7 Å². The molecule has 0 fully saturated rings. The van der Waals surface area contributed by atoms with Crippen LogP contribution in [0.25, 0.3) is 0 Å². The first kappa shape index (κ1) is 23.3. The Labute approximate surface area is 173 Å². The first-order valence-corrected chi connectivity index (χ1v) is 9.57. The number of hydrogen-bond donors (Lipinski definition) is 2. The number of nitrogens with one attached hydrogen (secondary N) is 2. The predicted molar refractivity (Wildman–Crippen MR) is 108 cm³/mol. The van der Waals surface area contributed by atoms with Gasteiger partial charge in [-0.25, -0.2) is 0 Å². The summed E-state index contributed by atoms with van der Waals surface area (Å²) in [7, 11) is 1.58. The van der Waals surface area contributed by atoms with Crippen molar-refractivity contribution in [3.8, 4) is 11.5 Å². The van der Waals surface area contributed by atoms with Crippen LogP contribution in [0.15, 0.2) is 42.5 Å². The van der Waals surface area contributed by atoms with Gasteiger partial charge in [0.2, 0.25) is 0 Å². The Balaban J connectivity index is 2.04. The average Bonchev–Trinajstić information content (AvgIpc) is 2.72. The van der Waals surface area contributed by atoms with Crippen molar-refractivity contribution < 1.29 is 27.4 Å². The van der Waals surface area contributed by atoms with E-state index in [1.165, 1.54) is 6.07 Å². The highest BCUT2D eigenvalue weighted by atomic mass is 19.4. The van der Waals surface area contributed by atoms with Gasteiger partial charge in [0.1, 0.15) is 11.5 Å². The Bertz CT molecular complexity index is 869. The highest BCUT2D eigenvalue weighted by Crippen LogP contribution is 2.34. The molecule has 2 aromatic carbocycles. The van der Waals surface area contributed by atoms with Gasteiger partial charge in [-0.05, 0) is 48.7 Å². The minimum absolute atomic E-state index is 0.0608. The quantitative estimate of drug-likeness (QED) is 0.549. The first-order valence-electron chi connectivity index (χ1n) is 9.57. The maximum absolute atomic E-state index is 13.2. The molecule has 5 nitrogen and oxygen atoms in total. The molecule has 1 amide bonds. The number of carbonyl (C=O) groups is 1. The molecule has 0 bridgehead atoms. The van der Waals surface area contributed by atoms with Gasteiger partial charge in [0, 0.05) is 18.3 Å². The van der Waals surface area contributed by atoms with Crippen LogP contribution in [0.5, 0.6) is 11.5 Å². The molecule has 2 N–H and O–H groups in total. The van der Waals surface area contributed by atoms with E-state index in [9.17, 15) is 18.0 Å². The van der Waals surface area contributed by atoms with Crippen LogP contribution in [0.2, 0.25) is 0 Å². The number of carbonyl (C=O) groups excluding carboxylic acids is 1. The molecular formula is C22H25F3N2O3. The number of ether oxygens (including phenoxy) is 2. The van der Waals surface area contributed by atoms with Crippen LogP contribution in [0, 0.1) is 5.41 Å². The summed E-state index contributed by atoms with van der Waals surface area (Å²) in [6.07, 6.45) is -3.33. The average molecular weight is 422 g/mol. The third kappa shape index (κ3) is 6.50. The first-order chi connectivity index (χ1) is 14.3. The van der Waals surface area contributed by atoms with Crippen LogP contribution in [0.3, 0.4) is 0 Å². The van der Waals surface area contributed by atoms with Gasteiger partial charge in [0.15, 0.2) is 6.10 Å². The van der Waals surface area contributed by atoms with E-state index in [2.05, 4.69) is 5.32 Å². The van der Waals surface area contributed by atoms with Crippen LogP contribution in [-0.2, 0) is 17.4 Å². The van der Waals surface area contributed by atoms with Crippen LogP contribution in [0.1, 0.15) is 36.5 Å². The number of hydrogen-bond acceptors (Lipinski definition) is 4. The van der Waals surface area contributed by atoms with Crippen molar-refractivity contribution in [2.45, 2.75) is 38.5 Å². The van der Waals surface area contributed by atoms with E-state index >= 15 is 0 Å². The molecule has 2 aromatic rings. The Hall–Kier alpha value is -3.03. The lowest BCUT2D eigenvalue weighted by atomic mass is 10.1. The molecule has 0 aliphatic carbocycles. The number of benzene rings is 2. The largest absolute Gasteiger partial charge is 0.497 e. The number of methoxy groups -OCH3 is 1. The molecule has 0 heterocycles. The van der Waals surface area contributed by atoms with Crippen molar-refractivity contribution >= 4 is 12.1 Å². The van der Waals surface area contributed by atoms with E-state index in [1.54, 1.807) is 7.11 Å². The van der Waals surface area contributed by atoms with Gasteiger partial charge >= 0.3 is 6.18 Å². The van der Waals surface area contributed by atoms with Crippen LogP contribution < -0.4 is 14.8 Å². The fraction of sp³-hybridized carbons (Fsp3) is 0.364. The lowest BCUT2D eigenvalue weighted by molar-refractivity contribution is -0.137. The van der Waals surface area contributed by atoms with Gasteiger partial charge in [-0.1, -0.05) is 25.5 Å². The Morgan fingerprint density at radius 1 is 1.20 bits per heavy atom. The molecule has 2 rings (SSSR count). The number of rotatable bonds is 10. The minimum Gasteiger partial charge on any atom is -0.497 e. The summed E-state index contributed by atoms with van der Waals surface area (Å²) < 4.78 is 50.3. The van der Waals surface area contributed by atoms with Crippen molar-refractivity contribution in [1.29, 1.82) is 5.41 Å². The smallest absolute Gasteiger partial charge is 0.417 e. The third-order valence-electron chi connectivity index (χ3n) is 4.45. The zero-order chi connectivity index (χ0) is 22.1. The molecule has 8 heteroatoms. The zero-order valence-corrected chi connectivity index (χ0v) is 16.9. The number of alkyl halides is 3. The summed E-state index contributed by atoms with van der Waals surface area (Å²) in [5.41, 5.74) is -0.243. The van der Waals surface area contributed by atoms with E-state index in [0.29, 0.717) is 32.0 Å². The second-order valence-electron chi connectivity index (χ2n) is 6.68. The van der Waals surface area contributed by atoms with Crippen molar-refractivity contribution in [1.82, 2.24) is 5.32 Å². The monoisotopic (exact) mass is 422 g/mol. The zero-order valence-electron chi connectivity index (χ0n) is 16.9. The molecule has 0 saturated heterocycles. The molecule has 0 spiro atoms. The summed E-state index contributed by atoms with van der Waals surface area (Å²) >= 11 is 0. The van der Waals surface area contributed by atoms with E-state index < -0.39 is 17.8 Å². The fourth-order valence-electron chi connectivity index (χ4n) is 2.92. The summed E-state index contributed by atoms with van der Waals surface area (Å²) in [6.45, 7) is 2.22. The summed E-state index contributed by atoms with van der Waals surface area (Å²) in [4.78, 5) is 12.5. The highest BCUT2D eigenvalue weighted by molar-refractivity contribution is 5.82. The van der Waals surface area contributed by atoms with Crippen LogP contribution in [0.4, 0.5) is 13.2 Å². The highest BCUT2D eigenvalue weighted by Gasteiger charge is 2.33. The van der Waals surface area contributed by atoms with Gasteiger partial charge in [-0.2, -0.15) is 13.2 Å². The maximum atomic E-state index is 13.2. The normalized spacial score (nSPS) is 12.2. The van der Waals surface area contributed by atoms with Gasteiger partial charge in [-0.15, -0.1) is 0 Å². The Kier molecular flexibility index (Phi) is 8.26. The molecule has 0 aliphatic heterocycles. The SMILES string of the molecule is CCCC(Oc1ccc(C=N)c(C(F)(F)F)c1)C(=O)NCCc1cccc(OC)c1. The van der Waals surface area contributed by atoms with Crippen molar-refractivity contribution in [3.63, 3.8) is 0 Å². The minimum atomic E-state index is -4.62. The third-order valence-corrected chi connectivity index (χ3v) is 4.45. The molecular weight excluding hydrogens is 397 g/mol. The predicted octanol–water partition coefficient (Wildman–Crippen LogP) is 4.62. The van der Waals surface area contributed by atoms with E-state index in [-0.39, 0.29) is 17.2 Å². The second kappa shape index (κ2) is 10.7. The van der Waals surface area contributed by atoms with E-state index in [0.717, 1.165) is 23.4 Å². The lowest BCUT2D eigenvalue weighted by Crippen LogP contribution is -2.39. The Morgan fingerprint density at radius 3 is 2.60 bits per heavy atom. The summed E-state index contributed by atoms with van der Waals surface area (Å²) in [6, 6.07) is 10.8. The van der Waals surface area contributed by atoms with Gasteiger partial charge in [-0.3, -0.25) is 4.79 Å². The van der Waals surface area contributed by atoms with Crippen LogP contribution in [-0.4, -0.2) is 31.9 Å². The molecule has 1 atom stereocenters. The van der Waals surface area contributed by atoms with Crippen molar-refractivity contribution in [3.05, 3.63) is 59.2 Å². The standard InChI is InChI=1S/C22H25F3N2O3/c1-3-5-20(21(28)27-11-10-15-6-4-7-17(12-15)29-2)30-18-9-8-16(14-26)19(13-18)22(23,24)25/h4,6-9,12-14,20,26H,3,5,10-11H2,1-2H3,(H,27,28). The number of halogens is 3. The van der Waals surface area contributed by atoms with Gasteiger partial charge in [0.05, 0.1) is 12.7 Å². The van der Waals surface area contributed by atoms with Gasteiger partial charge in [0.25, 0.3) is 5.91 Å². The summed E-state index contributed by atoms with van der Waals surface area (Å²) in [5.74, 6) is 0.276. The molecule has 1 unspecified atom stereocenters. The topological polar surface area (TPSA) is 71.4 Å². The molecule has 162 valence electrons. The van der Waals surface area contributed by atoms with E-state index in [4.69, 9.17) is 14.9 Å². The van der Waals surface area contributed by atoms with Crippen LogP contribution >= 0.6 is 0 Å². The molecule has 30 heavy (non-hydrogen) atoms. The molecule has 0 radical (unpaired) electrons. The molecule has 0 aromatic heterocycles. The molecule has 0 aliphatic rings. The second-order valence-corrected chi connectivity index (χ2v) is 6.68. The van der Waals surface area contributed by atoms with Crippen molar-refractivity contribution in [2.24, 2.45) is 0 Å². The lowest BCUT2D eigenvalue weighted by Gasteiger charge is -2.20. The van der Waals surface area contributed by atoms with Gasteiger partial charge < -0.3 is 20.2 Å². The number of amides is 1. The van der Waals surface area contributed by atoms with E-state index in [1.807, 2.05) is 31.2 Å². The summed E-state index contributed by atoms with van der Waals surface area (Å²) in [5, 5.41) is 9.92. The molecule has 0 saturated carbocycles.